The maximum Gasteiger partial charge on any atom is 0.573 e. The SMILES string of the molecule is Nc1ncc(-c2cn([C@H]3[C@@H]4CN(C5COC5)C[C@@H]43)c(C3CCC3)n2)cc1OC(F)(F)F. The minimum Gasteiger partial charge on any atom is -0.402 e. The van der Waals surface area contributed by atoms with Crippen molar-refractivity contribution in [2.45, 2.75) is 43.6 Å². The van der Waals surface area contributed by atoms with Crippen LogP contribution in [-0.4, -0.2) is 58.1 Å². The molecule has 0 aromatic carbocycles. The van der Waals surface area contributed by atoms with Gasteiger partial charge in [0.1, 0.15) is 5.82 Å². The third-order valence-electron chi connectivity index (χ3n) is 7.27. The van der Waals surface area contributed by atoms with Crippen molar-refractivity contribution in [2.24, 2.45) is 11.8 Å². The minimum absolute atomic E-state index is 0.295. The second-order valence-electron chi connectivity index (χ2n) is 9.14. The first-order valence-electron chi connectivity index (χ1n) is 10.8. The molecular formula is C21H24F3N5O2. The summed E-state index contributed by atoms with van der Waals surface area (Å²) >= 11 is 0. The number of rotatable bonds is 5. The van der Waals surface area contributed by atoms with Gasteiger partial charge in [-0.25, -0.2) is 9.97 Å². The lowest BCUT2D eigenvalue weighted by molar-refractivity contribution is -0.274. The lowest BCUT2D eigenvalue weighted by Crippen LogP contribution is -2.49. The van der Waals surface area contributed by atoms with Crippen molar-refractivity contribution in [1.29, 1.82) is 0 Å². The first-order chi connectivity index (χ1) is 14.9. The smallest absolute Gasteiger partial charge is 0.402 e. The van der Waals surface area contributed by atoms with Gasteiger partial charge in [-0.3, -0.25) is 4.90 Å². The minimum atomic E-state index is -4.83. The van der Waals surface area contributed by atoms with E-state index in [0.29, 0.717) is 41.1 Å². The number of nitrogens with zero attached hydrogens (tertiary/aromatic N) is 4. The normalized spacial score (nSPS) is 28.8. The largest absolute Gasteiger partial charge is 0.573 e. The summed E-state index contributed by atoms with van der Waals surface area (Å²) in [5, 5.41) is 0. The number of hydrogen-bond acceptors (Lipinski definition) is 6. The van der Waals surface area contributed by atoms with Gasteiger partial charge in [-0.15, -0.1) is 13.2 Å². The lowest BCUT2D eigenvalue weighted by Gasteiger charge is -2.36. The average molecular weight is 435 g/mol. The molecule has 4 heterocycles. The van der Waals surface area contributed by atoms with Crippen molar-refractivity contribution in [2.75, 3.05) is 32.0 Å². The molecular weight excluding hydrogens is 411 g/mol. The van der Waals surface area contributed by atoms with Crippen LogP contribution in [0.4, 0.5) is 19.0 Å². The van der Waals surface area contributed by atoms with E-state index < -0.39 is 12.1 Å². The Kier molecular flexibility index (Phi) is 4.27. The average Bonchev–Trinajstić information content (AvgIpc) is 2.96. The van der Waals surface area contributed by atoms with Gasteiger partial charge < -0.3 is 19.8 Å². The van der Waals surface area contributed by atoms with Gasteiger partial charge in [0.15, 0.2) is 11.6 Å². The van der Waals surface area contributed by atoms with Crippen molar-refractivity contribution >= 4 is 5.82 Å². The van der Waals surface area contributed by atoms with E-state index in [-0.39, 0.29) is 5.82 Å². The van der Waals surface area contributed by atoms with Crippen LogP contribution in [0.25, 0.3) is 11.3 Å². The molecule has 2 saturated heterocycles. The molecule has 7 nitrogen and oxygen atoms in total. The van der Waals surface area contributed by atoms with Crippen LogP contribution >= 0.6 is 0 Å². The summed E-state index contributed by atoms with van der Waals surface area (Å²) in [5.41, 5.74) is 6.69. The number of ether oxygens (including phenoxy) is 2. The fourth-order valence-electron chi connectivity index (χ4n) is 5.23. The quantitative estimate of drug-likeness (QED) is 0.777. The van der Waals surface area contributed by atoms with Crippen molar-refractivity contribution in [3.05, 3.63) is 24.3 Å². The van der Waals surface area contributed by atoms with Crippen molar-refractivity contribution < 1.29 is 22.6 Å². The molecule has 31 heavy (non-hydrogen) atoms. The Morgan fingerprint density at radius 3 is 2.48 bits per heavy atom. The van der Waals surface area contributed by atoms with E-state index >= 15 is 0 Å². The van der Waals surface area contributed by atoms with E-state index in [9.17, 15) is 13.2 Å². The Hall–Kier alpha value is -2.33. The Balaban J connectivity index is 1.28. The van der Waals surface area contributed by atoms with Crippen LogP contribution in [0.15, 0.2) is 18.5 Å². The highest BCUT2D eigenvalue weighted by atomic mass is 19.4. The highest BCUT2D eigenvalue weighted by Crippen LogP contribution is 2.57. The van der Waals surface area contributed by atoms with E-state index in [1.165, 1.54) is 18.7 Å². The van der Waals surface area contributed by atoms with Gasteiger partial charge in [0, 0.05) is 43.0 Å². The molecule has 6 rings (SSSR count). The third kappa shape index (κ3) is 3.36. The van der Waals surface area contributed by atoms with Crippen LogP contribution < -0.4 is 10.5 Å². The summed E-state index contributed by atoms with van der Waals surface area (Å²) in [5.74, 6) is 1.89. The maximum absolute atomic E-state index is 12.7. The van der Waals surface area contributed by atoms with Gasteiger partial charge in [0.25, 0.3) is 0 Å². The summed E-state index contributed by atoms with van der Waals surface area (Å²) in [6.45, 7) is 3.82. The first kappa shape index (κ1) is 19.4. The number of likely N-dealkylation sites (tertiary alicyclic amines) is 1. The first-order valence-corrected chi connectivity index (χ1v) is 10.8. The molecule has 0 radical (unpaired) electrons. The standard InChI is InChI=1S/C21H24F3N5O2/c22-21(23,24)31-17-4-12(5-26-19(17)25)16-8-29(20(27-16)11-2-1-3-11)18-14-6-28(7-15(14)18)13-9-30-10-13/h4-5,8,11,13-15,18H,1-3,6-7,9-10H2,(H2,25,26)/t14-,15+,18+. The number of nitrogens with two attached hydrogens (primary N) is 1. The topological polar surface area (TPSA) is 78.4 Å². The molecule has 2 N–H and O–H groups in total. The number of imidazole rings is 1. The number of halogens is 3. The molecule has 2 aliphatic carbocycles. The van der Waals surface area contributed by atoms with Gasteiger partial charge in [0.05, 0.1) is 24.9 Å². The summed E-state index contributed by atoms with van der Waals surface area (Å²) in [4.78, 5) is 11.3. The Bertz CT molecular complexity index is 989. The van der Waals surface area contributed by atoms with E-state index in [1.54, 1.807) is 0 Å². The van der Waals surface area contributed by atoms with Crippen LogP contribution in [0.3, 0.4) is 0 Å². The highest BCUT2D eigenvalue weighted by molar-refractivity contribution is 5.64. The molecule has 2 saturated carbocycles. The Morgan fingerprint density at radius 1 is 1.16 bits per heavy atom. The van der Waals surface area contributed by atoms with Gasteiger partial charge in [0.2, 0.25) is 0 Å². The number of alkyl halides is 3. The van der Waals surface area contributed by atoms with E-state index in [2.05, 4.69) is 19.2 Å². The summed E-state index contributed by atoms with van der Waals surface area (Å²) in [6, 6.07) is 2.26. The summed E-state index contributed by atoms with van der Waals surface area (Å²) in [7, 11) is 0. The van der Waals surface area contributed by atoms with Gasteiger partial charge in [-0.05, 0) is 30.7 Å². The predicted molar refractivity (Wildman–Crippen MR) is 105 cm³/mol. The Morgan fingerprint density at radius 2 is 1.90 bits per heavy atom. The molecule has 0 bridgehead atoms. The number of pyridine rings is 1. The Labute approximate surface area is 177 Å². The van der Waals surface area contributed by atoms with Crippen molar-refractivity contribution in [3.63, 3.8) is 0 Å². The summed E-state index contributed by atoms with van der Waals surface area (Å²) < 4.78 is 49.8. The zero-order chi connectivity index (χ0) is 21.3. The zero-order valence-electron chi connectivity index (χ0n) is 16.9. The number of fused-ring (bicyclic) bond motifs is 1. The van der Waals surface area contributed by atoms with E-state index in [0.717, 1.165) is 45.0 Å². The van der Waals surface area contributed by atoms with Gasteiger partial charge >= 0.3 is 6.36 Å². The molecule has 0 amide bonds. The number of piperidine rings is 1. The van der Waals surface area contributed by atoms with Gasteiger partial charge in [-0.1, -0.05) is 6.42 Å². The molecule has 2 aromatic heterocycles. The lowest BCUT2D eigenvalue weighted by atomic mass is 9.85. The van der Waals surface area contributed by atoms with Crippen molar-refractivity contribution in [3.8, 4) is 17.0 Å². The van der Waals surface area contributed by atoms with Gasteiger partial charge in [-0.2, -0.15) is 0 Å². The predicted octanol–water partition coefficient (Wildman–Crippen LogP) is 3.19. The summed E-state index contributed by atoms with van der Waals surface area (Å²) in [6.07, 6.45) is 2.01. The fraction of sp³-hybridized carbons (Fsp3) is 0.619. The zero-order valence-corrected chi connectivity index (χ0v) is 16.9. The van der Waals surface area contributed by atoms with E-state index in [4.69, 9.17) is 15.5 Å². The second kappa shape index (κ2) is 6.83. The fourth-order valence-corrected chi connectivity index (χ4v) is 5.23. The molecule has 166 valence electrons. The van der Waals surface area contributed by atoms with Crippen LogP contribution in [0, 0.1) is 11.8 Å². The molecule has 10 heteroatoms. The molecule has 3 atom stereocenters. The molecule has 2 aromatic rings. The number of nitrogen functional groups attached to an aromatic ring is 1. The number of hydrogen-bond donors (Lipinski definition) is 1. The highest BCUT2D eigenvalue weighted by Gasteiger charge is 2.58. The third-order valence-corrected chi connectivity index (χ3v) is 7.27. The molecule has 4 fully saturated rings. The van der Waals surface area contributed by atoms with Crippen LogP contribution in [0.2, 0.25) is 0 Å². The number of anilines is 1. The molecule has 0 spiro atoms. The van der Waals surface area contributed by atoms with Crippen LogP contribution in [0.5, 0.6) is 5.75 Å². The molecule has 2 aliphatic heterocycles. The van der Waals surface area contributed by atoms with Crippen molar-refractivity contribution in [1.82, 2.24) is 19.4 Å². The number of aromatic nitrogens is 3. The second-order valence-corrected chi connectivity index (χ2v) is 9.14. The molecule has 0 unspecified atom stereocenters. The van der Waals surface area contributed by atoms with Crippen LogP contribution in [0.1, 0.15) is 37.0 Å². The van der Waals surface area contributed by atoms with Crippen LogP contribution in [-0.2, 0) is 4.74 Å². The molecule has 4 aliphatic rings. The maximum atomic E-state index is 12.7. The van der Waals surface area contributed by atoms with E-state index in [1.807, 2.05) is 6.20 Å². The monoisotopic (exact) mass is 435 g/mol.